The molecule has 300 valence electrons. The van der Waals surface area contributed by atoms with Crippen LogP contribution in [-0.2, 0) is 22.3 Å². The minimum Gasteiger partial charge on any atom is -0.495 e. The molecule has 2 nitrogen and oxygen atoms in total. The van der Waals surface area contributed by atoms with E-state index in [0.29, 0.717) is 24.7 Å². The van der Waals surface area contributed by atoms with Gasteiger partial charge in [-0.05, 0) is 140 Å². The Hall–Kier alpha value is -5.94. The van der Waals surface area contributed by atoms with Gasteiger partial charge in [-0.1, -0.05) is 157 Å². The van der Waals surface area contributed by atoms with E-state index in [1.165, 1.54) is 100 Å². The SMILES string of the molecule is Cc1ccc2c(c1)C=C1C2=CC=C(OCCS)C12C(OCCS)=CC=C1C2=Cc2cc(C)ccc21.c1ccc2c(c1)Cc1ccccc1-2.c1ccc2c(c1)Cc1ccccc1-2. The van der Waals surface area contributed by atoms with Gasteiger partial charge in [0.15, 0.2) is 0 Å². The van der Waals surface area contributed by atoms with Gasteiger partial charge in [0.05, 0.1) is 13.2 Å². The second-order valence-corrected chi connectivity index (χ2v) is 17.3. The van der Waals surface area contributed by atoms with Gasteiger partial charge >= 0.3 is 0 Å². The van der Waals surface area contributed by atoms with Crippen molar-refractivity contribution in [1.82, 2.24) is 0 Å². The van der Waals surface area contributed by atoms with E-state index in [1.54, 1.807) is 0 Å². The van der Waals surface area contributed by atoms with Gasteiger partial charge in [-0.15, -0.1) is 0 Å². The van der Waals surface area contributed by atoms with Crippen LogP contribution in [0.5, 0.6) is 0 Å². The first-order valence-electron chi connectivity index (χ1n) is 21.3. The van der Waals surface area contributed by atoms with Crippen molar-refractivity contribution in [1.29, 1.82) is 0 Å². The number of allylic oxidation sites excluding steroid dienone is 6. The van der Waals surface area contributed by atoms with Crippen molar-refractivity contribution in [3.8, 4) is 22.3 Å². The number of fused-ring (bicyclic) bond motifs is 14. The molecule has 0 amide bonds. The van der Waals surface area contributed by atoms with E-state index in [1.807, 2.05) is 0 Å². The molecule has 0 bridgehead atoms. The van der Waals surface area contributed by atoms with E-state index in [0.717, 1.165) is 24.4 Å². The van der Waals surface area contributed by atoms with Crippen LogP contribution in [0.15, 0.2) is 180 Å². The molecule has 0 radical (unpaired) electrons. The molecule has 6 aromatic carbocycles. The molecule has 12 rings (SSSR count). The average molecular weight is 829 g/mol. The van der Waals surface area contributed by atoms with Crippen LogP contribution in [0.4, 0.5) is 0 Å². The molecule has 0 fully saturated rings. The zero-order valence-corrected chi connectivity index (χ0v) is 36.4. The molecule has 4 heteroatoms. The summed E-state index contributed by atoms with van der Waals surface area (Å²) < 4.78 is 13.0. The third-order valence-corrected chi connectivity index (χ3v) is 13.0. The third-order valence-electron chi connectivity index (χ3n) is 12.6. The molecule has 6 aromatic rings. The number of ether oxygens (including phenoxy) is 2. The van der Waals surface area contributed by atoms with Gasteiger partial charge in [0, 0.05) is 11.5 Å². The summed E-state index contributed by atoms with van der Waals surface area (Å²) in [5.74, 6) is 3.05. The Morgan fingerprint density at radius 2 is 0.803 bits per heavy atom. The Morgan fingerprint density at radius 1 is 0.443 bits per heavy atom. The maximum atomic E-state index is 6.49. The second-order valence-electron chi connectivity index (χ2n) is 16.4. The summed E-state index contributed by atoms with van der Waals surface area (Å²) in [5.41, 5.74) is 23.2. The lowest BCUT2D eigenvalue weighted by molar-refractivity contribution is 0.132. The highest BCUT2D eigenvalue weighted by molar-refractivity contribution is 7.80. The number of benzene rings is 6. The van der Waals surface area contributed by atoms with Crippen molar-refractivity contribution in [3.05, 3.63) is 236 Å². The molecule has 0 aromatic heterocycles. The van der Waals surface area contributed by atoms with E-state index < -0.39 is 5.41 Å². The molecule has 0 saturated carbocycles. The summed E-state index contributed by atoms with van der Waals surface area (Å²) in [6.45, 7) is 5.34. The highest BCUT2D eigenvalue weighted by atomic mass is 32.1. The minimum absolute atomic E-state index is 0.525. The van der Waals surface area contributed by atoms with Crippen LogP contribution in [0, 0.1) is 19.3 Å². The maximum Gasteiger partial charge on any atom is 0.136 e. The molecule has 0 saturated heterocycles. The topological polar surface area (TPSA) is 18.5 Å². The van der Waals surface area contributed by atoms with Crippen LogP contribution < -0.4 is 0 Å². The van der Waals surface area contributed by atoms with Crippen LogP contribution in [-0.4, -0.2) is 24.7 Å². The Balaban J connectivity index is 0.000000138. The summed E-state index contributed by atoms with van der Waals surface area (Å²) in [7, 11) is 0. The van der Waals surface area contributed by atoms with Crippen molar-refractivity contribution in [2.24, 2.45) is 5.41 Å². The van der Waals surface area contributed by atoms with Crippen molar-refractivity contribution in [2.75, 3.05) is 24.7 Å². The first-order chi connectivity index (χ1) is 30.0. The number of rotatable bonds is 6. The lowest BCUT2D eigenvalue weighted by Crippen LogP contribution is -2.36. The fourth-order valence-electron chi connectivity index (χ4n) is 9.98. The Labute approximate surface area is 371 Å². The number of thiol groups is 2. The predicted octanol–water partition coefficient (Wildman–Crippen LogP) is 13.8. The molecule has 6 aliphatic rings. The quantitative estimate of drug-likeness (QED) is 0.163. The van der Waals surface area contributed by atoms with Crippen molar-refractivity contribution in [3.63, 3.8) is 0 Å². The molecule has 6 aliphatic carbocycles. The summed E-state index contributed by atoms with van der Waals surface area (Å²) in [5, 5.41) is 0. The van der Waals surface area contributed by atoms with Gasteiger partial charge in [0.25, 0.3) is 0 Å². The van der Waals surface area contributed by atoms with Crippen LogP contribution in [0.2, 0.25) is 0 Å². The highest BCUT2D eigenvalue weighted by Crippen LogP contribution is 2.64. The Morgan fingerprint density at radius 3 is 1.16 bits per heavy atom. The molecule has 1 spiro atoms. The molecule has 0 heterocycles. The van der Waals surface area contributed by atoms with Crippen LogP contribution >= 0.6 is 25.3 Å². The summed E-state index contributed by atoms with van der Waals surface area (Å²) in [6, 6.07) is 48.0. The fourth-order valence-corrected chi connectivity index (χ4v) is 10.2. The Kier molecular flexibility index (Phi) is 10.6. The summed E-state index contributed by atoms with van der Waals surface area (Å²) in [6.07, 6.45) is 15.6. The smallest absolute Gasteiger partial charge is 0.136 e. The van der Waals surface area contributed by atoms with E-state index in [9.17, 15) is 0 Å². The molecule has 0 aliphatic heterocycles. The predicted molar refractivity (Wildman–Crippen MR) is 262 cm³/mol. The summed E-state index contributed by atoms with van der Waals surface area (Å²) in [4.78, 5) is 0. The number of hydrogen-bond donors (Lipinski definition) is 2. The lowest BCUT2D eigenvalue weighted by atomic mass is 9.63. The zero-order chi connectivity index (χ0) is 41.5. The van der Waals surface area contributed by atoms with Crippen LogP contribution in [0.25, 0.3) is 45.6 Å². The van der Waals surface area contributed by atoms with Gasteiger partial charge in [-0.3, -0.25) is 0 Å². The number of hydrogen-bond acceptors (Lipinski definition) is 4. The van der Waals surface area contributed by atoms with E-state index >= 15 is 0 Å². The van der Waals surface area contributed by atoms with Gasteiger partial charge in [-0.2, -0.15) is 25.3 Å². The molecule has 0 unspecified atom stereocenters. The zero-order valence-electron chi connectivity index (χ0n) is 34.6. The molecular weight excluding hydrogens is 781 g/mol. The first kappa shape index (κ1) is 39.2. The molecule has 0 N–H and O–H groups in total. The molecule has 61 heavy (non-hydrogen) atoms. The Bertz CT molecular complexity index is 2630. The van der Waals surface area contributed by atoms with Gasteiger partial charge in [0.2, 0.25) is 0 Å². The van der Waals surface area contributed by atoms with Crippen molar-refractivity contribution < 1.29 is 9.47 Å². The first-order valence-corrected chi connectivity index (χ1v) is 22.6. The normalized spacial score (nSPS) is 15.7. The average Bonchev–Trinajstić information content (AvgIpc) is 4.06. The minimum atomic E-state index is -0.667. The largest absolute Gasteiger partial charge is 0.495 e. The fraction of sp³-hybridized carbons (Fsp3) is 0.158. The van der Waals surface area contributed by atoms with Crippen LogP contribution in [0.3, 0.4) is 0 Å². The number of aryl methyl sites for hydroxylation is 2. The van der Waals surface area contributed by atoms with E-state index in [-0.39, 0.29) is 0 Å². The van der Waals surface area contributed by atoms with Crippen molar-refractivity contribution >= 4 is 48.6 Å². The van der Waals surface area contributed by atoms with Crippen LogP contribution in [0.1, 0.15) is 55.6 Å². The van der Waals surface area contributed by atoms with E-state index in [2.05, 4.69) is 209 Å². The van der Waals surface area contributed by atoms with Gasteiger partial charge < -0.3 is 9.47 Å². The van der Waals surface area contributed by atoms with Gasteiger partial charge in [-0.25, -0.2) is 0 Å². The molecule has 0 atom stereocenters. The van der Waals surface area contributed by atoms with E-state index in [4.69, 9.17) is 9.47 Å². The second kappa shape index (κ2) is 16.5. The summed E-state index contributed by atoms with van der Waals surface area (Å²) >= 11 is 8.88. The monoisotopic (exact) mass is 828 g/mol. The lowest BCUT2D eigenvalue weighted by Gasteiger charge is -2.44. The van der Waals surface area contributed by atoms with Gasteiger partial charge in [0.1, 0.15) is 16.9 Å². The third kappa shape index (κ3) is 6.87. The highest BCUT2D eigenvalue weighted by Gasteiger charge is 2.55. The molecular formula is C57H48O2S2. The van der Waals surface area contributed by atoms with Crippen molar-refractivity contribution in [2.45, 2.75) is 26.7 Å². The standard InChI is InChI=1S/C31H28O2S2.2C13H10/c1-19-3-5-23-21(15-19)17-27-25(23)7-9-29(32-11-13-34)31(27)28-18-22-16-20(2)4-6-24(22)26(28)8-10-30(31)33-12-14-35;2*1-3-7-12-10(5-1)9-11-6-2-4-8-13(11)12/h3-10,15-18,34-35H,11-14H2,1-2H3;2*1-8H,9H2. The maximum absolute atomic E-state index is 6.49.